The molecule has 154 valence electrons. The molecule has 0 saturated carbocycles. The predicted molar refractivity (Wildman–Crippen MR) is 104 cm³/mol. The zero-order chi connectivity index (χ0) is 20.8. The minimum absolute atomic E-state index is 0.118. The van der Waals surface area contributed by atoms with E-state index >= 15 is 0 Å². The highest BCUT2D eigenvalue weighted by atomic mass is 16.8. The Morgan fingerprint density at radius 3 is 2.54 bits per heavy atom. The summed E-state index contributed by atoms with van der Waals surface area (Å²) in [6.45, 7) is 11.1. The van der Waals surface area contributed by atoms with Crippen LogP contribution in [0.5, 0.6) is 0 Å². The molecule has 0 aromatic rings. The van der Waals surface area contributed by atoms with Crippen LogP contribution in [-0.2, 0) is 28.6 Å². The van der Waals surface area contributed by atoms with Crippen LogP contribution in [0, 0.1) is 11.8 Å². The number of hydrogen-bond acceptors (Lipinski definition) is 6. The van der Waals surface area contributed by atoms with Crippen LogP contribution in [0.4, 0.5) is 0 Å². The molecule has 6 heteroatoms. The highest BCUT2D eigenvalue weighted by molar-refractivity contribution is 5.75. The Morgan fingerprint density at radius 1 is 1.21 bits per heavy atom. The second-order valence-corrected chi connectivity index (χ2v) is 7.71. The third-order valence-corrected chi connectivity index (χ3v) is 4.97. The molecule has 28 heavy (non-hydrogen) atoms. The summed E-state index contributed by atoms with van der Waals surface area (Å²) in [6, 6.07) is 0. The van der Waals surface area contributed by atoms with E-state index in [9.17, 15) is 14.4 Å². The average Bonchev–Trinajstić information content (AvgIpc) is 2.54. The summed E-state index contributed by atoms with van der Waals surface area (Å²) >= 11 is 0. The molecule has 0 radical (unpaired) electrons. The van der Waals surface area contributed by atoms with Gasteiger partial charge in [-0.1, -0.05) is 29.9 Å². The highest BCUT2D eigenvalue weighted by Crippen LogP contribution is 2.45. The van der Waals surface area contributed by atoms with Crippen LogP contribution in [0.2, 0.25) is 0 Å². The average molecular weight is 390 g/mol. The molecule has 4 atom stereocenters. The molecule has 0 amide bonds. The Bertz CT molecular complexity index is 698. The van der Waals surface area contributed by atoms with E-state index in [0.29, 0.717) is 25.7 Å². The first kappa shape index (κ1) is 22.1. The van der Waals surface area contributed by atoms with Crippen LogP contribution in [-0.4, -0.2) is 30.3 Å². The number of carbonyl (C=O) groups is 3. The molecule has 0 aromatic heterocycles. The van der Waals surface area contributed by atoms with E-state index in [0.717, 1.165) is 11.1 Å². The topological polar surface area (TPSA) is 78.9 Å². The predicted octanol–water partition coefficient (Wildman–Crippen LogP) is 4.01. The lowest BCUT2D eigenvalue weighted by molar-refractivity contribution is -0.268. The van der Waals surface area contributed by atoms with E-state index in [1.54, 1.807) is 6.92 Å². The van der Waals surface area contributed by atoms with Crippen molar-refractivity contribution in [1.29, 1.82) is 0 Å². The lowest BCUT2D eigenvalue weighted by Crippen LogP contribution is -2.51. The van der Waals surface area contributed by atoms with Gasteiger partial charge in [-0.05, 0) is 45.6 Å². The third kappa shape index (κ3) is 5.89. The van der Waals surface area contributed by atoms with Gasteiger partial charge in [-0.25, -0.2) is 0 Å². The van der Waals surface area contributed by atoms with Gasteiger partial charge >= 0.3 is 11.9 Å². The zero-order valence-electron chi connectivity index (χ0n) is 17.2. The maximum atomic E-state index is 12.1. The quantitative estimate of drug-likeness (QED) is 0.460. The normalized spacial score (nSPS) is 27.7. The molecule has 0 aliphatic carbocycles. The third-order valence-electron chi connectivity index (χ3n) is 4.97. The Labute approximate surface area is 166 Å². The number of ketones is 1. The number of esters is 2. The lowest BCUT2D eigenvalue weighted by Gasteiger charge is -2.45. The summed E-state index contributed by atoms with van der Waals surface area (Å²) in [4.78, 5) is 34.9. The maximum absolute atomic E-state index is 12.1. The molecule has 2 heterocycles. The summed E-state index contributed by atoms with van der Waals surface area (Å²) in [6.07, 6.45) is 5.02. The minimum atomic E-state index is -0.856. The summed E-state index contributed by atoms with van der Waals surface area (Å²) in [5, 5.41) is 0. The molecule has 2 bridgehead atoms. The van der Waals surface area contributed by atoms with Gasteiger partial charge in [0.25, 0.3) is 0 Å². The van der Waals surface area contributed by atoms with Crippen LogP contribution in [0.1, 0.15) is 59.8 Å². The molecule has 2 aliphatic heterocycles. The molecule has 1 unspecified atom stereocenters. The SMILES string of the molecule is C=C(CCCC(C)=O)[C@@H]1C(OC(C)=O)O[C@H]2OC(=O)C[C@@H]1/C2=C\CC=C(C)C. The number of hydrogen-bond donors (Lipinski definition) is 0. The fourth-order valence-corrected chi connectivity index (χ4v) is 3.70. The largest absolute Gasteiger partial charge is 0.435 e. The molecular formula is C22H30O6. The zero-order valence-corrected chi connectivity index (χ0v) is 17.2. The van der Waals surface area contributed by atoms with Crippen LogP contribution in [0.3, 0.4) is 0 Å². The van der Waals surface area contributed by atoms with Gasteiger partial charge in [0, 0.05) is 25.2 Å². The van der Waals surface area contributed by atoms with Gasteiger partial charge in [-0.2, -0.15) is 0 Å². The van der Waals surface area contributed by atoms with Crippen molar-refractivity contribution < 1.29 is 28.6 Å². The fraction of sp³-hybridized carbons (Fsp3) is 0.591. The van der Waals surface area contributed by atoms with Gasteiger partial charge in [0.1, 0.15) is 5.78 Å². The number of ether oxygens (including phenoxy) is 3. The molecular weight excluding hydrogens is 360 g/mol. The van der Waals surface area contributed by atoms with Crippen molar-refractivity contribution in [2.45, 2.75) is 72.4 Å². The standard InChI is InChI=1S/C22H30O6/c1-13(2)8-6-11-17-18-12-19(25)27-21(17)28-22(26-16(5)24)20(18)14(3)9-7-10-15(4)23/h8,11,18,20-22H,3,6-7,9-10,12H2,1-2,4-5H3/b17-11+/t18-,20+,21-,22?/m1/s1. The Morgan fingerprint density at radius 2 is 1.93 bits per heavy atom. The molecule has 2 fully saturated rings. The van der Waals surface area contributed by atoms with Crippen molar-refractivity contribution in [2.24, 2.45) is 11.8 Å². The number of rotatable bonds is 8. The summed E-state index contributed by atoms with van der Waals surface area (Å²) in [7, 11) is 0. The van der Waals surface area contributed by atoms with E-state index in [4.69, 9.17) is 14.2 Å². The second kappa shape index (κ2) is 9.82. The van der Waals surface area contributed by atoms with Crippen molar-refractivity contribution in [3.05, 3.63) is 35.5 Å². The van der Waals surface area contributed by atoms with Crippen molar-refractivity contribution in [1.82, 2.24) is 0 Å². The molecule has 2 aliphatic rings. The van der Waals surface area contributed by atoms with Gasteiger partial charge in [0.05, 0.1) is 6.42 Å². The molecule has 2 saturated heterocycles. The van der Waals surface area contributed by atoms with Crippen LogP contribution in [0.25, 0.3) is 0 Å². The number of fused-ring (bicyclic) bond motifs is 2. The monoisotopic (exact) mass is 390 g/mol. The van der Waals surface area contributed by atoms with Gasteiger partial charge in [0.2, 0.25) is 12.6 Å². The van der Waals surface area contributed by atoms with E-state index in [1.165, 1.54) is 12.5 Å². The van der Waals surface area contributed by atoms with Crippen molar-refractivity contribution in [2.75, 3.05) is 0 Å². The smallest absolute Gasteiger partial charge is 0.308 e. The van der Waals surface area contributed by atoms with Crippen LogP contribution >= 0.6 is 0 Å². The fourth-order valence-electron chi connectivity index (χ4n) is 3.70. The van der Waals surface area contributed by atoms with Crippen molar-refractivity contribution in [3.8, 4) is 0 Å². The number of allylic oxidation sites excluding steroid dienone is 3. The van der Waals surface area contributed by atoms with E-state index in [2.05, 4.69) is 12.7 Å². The minimum Gasteiger partial charge on any atom is -0.435 e. The van der Waals surface area contributed by atoms with Gasteiger partial charge in [-0.15, -0.1) is 0 Å². The van der Waals surface area contributed by atoms with Gasteiger partial charge in [0.15, 0.2) is 0 Å². The molecule has 0 N–H and O–H groups in total. The molecule has 2 rings (SSSR count). The van der Waals surface area contributed by atoms with E-state index in [1.807, 2.05) is 19.9 Å². The summed E-state index contributed by atoms with van der Waals surface area (Å²) in [5.74, 6) is -1.23. The van der Waals surface area contributed by atoms with E-state index < -0.39 is 18.5 Å². The van der Waals surface area contributed by atoms with Crippen molar-refractivity contribution >= 4 is 17.7 Å². The second-order valence-electron chi connectivity index (χ2n) is 7.71. The summed E-state index contributed by atoms with van der Waals surface area (Å²) < 4.78 is 16.6. The Hall–Kier alpha value is -2.21. The lowest BCUT2D eigenvalue weighted by atomic mass is 9.74. The van der Waals surface area contributed by atoms with Gasteiger partial charge in [-0.3, -0.25) is 14.3 Å². The highest BCUT2D eigenvalue weighted by Gasteiger charge is 2.49. The molecule has 0 spiro atoms. The Kier molecular flexibility index (Phi) is 7.75. The molecule has 0 aromatic carbocycles. The number of Topliss-reactive ketones (excluding diaryl/α,β-unsaturated/α-hetero) is 1. The first-order chi connectivity index (χ1) is 13.2. The maximum Gasteiger partial charge on any atom is 0.308 e. The van der Waals surface area contributed by atoms with Crippen LogP contribution in [0.15, 0.2) is 35.5 Å². The van der Waals surface area contributed by atoms with Crippen LogP contribution < -0.4 is 0 Å². The molecule has 6 nitrogen and oxygen atoms in total. The van der Waals surface area contributed by atoms with Crippen molar-refractivity contribution in [3.63, 3.8) is 0 Å². The van der Waals surface area contributed by atoms with Gasteiger partial charge < -0.3 is 14.3 Å². The first-order valence-corrected chi connectivity index (χ1v) is 9.71. The summed E-state index contributed by atoms with van der Waals surface area (Å²) in [5.41, 5.74) is 2.90. The van der Waals surface area contributed by atoms with E-state index in [-0.39, 0.29) is 30.0 Å². The number of carbonyl (C=O) groups excluding carboxylic acids is 3. The Balaban J connectivity index is 2.29. The first-order valence-electron chi connectivity index (χ1n) is 9.71.